The zero-order valence-electron chi connectivity index (χ0n) is 14.2. The van der Waals surface area contributed by atoms with Gasteiger partial charge in [0, 0.05) is 15.1 Å². The first-order valence-electron chi connectivity index (χ1n) is 8.00. The molecule has 0 bridgehead atoms. The van der Waals surface area contributed by atoms with E-state index in [1.54, 1.807) is 42.5 Å². The van der Waals surface area contributed by atoms with Gasteiger partial charge in [-0.3, -0.25) is 19.8 Å². The SMILES string of the molecule is CCOc1ccc(Cl)cc1/C=C1\C(=O)NC(=S)N(c2ccc(Br)cc2)C1=O. The van der Waals surface area contributed by atoms with Gasteiger partial charge in [-0.05, 0) is 67.7 Å². The summed E-state index contributed by atoms with van der Waals surface area (Å²) < 4.78 is 6.42. The van der Waals surface area contributed by atoms with Gasteiger partial charge in [0.25, 0.3) is 11.8 Å². The molecule has 2 amide bonds. The highest BCUT2D eigenvalue weighted by Gasteiger charge is 2.34. The number of anilines is 1. The van der Waals surface area contributed by atoms with Crippen LogP contribution >= 0.6 is 39.7 Å². The van der Waals surface area contributed by atoms with Crippen molar-refractivity contribution in [3.63, 3.8) is 0 Å². The second kappa shape index (κ2) is 8.21. The lowest BCUT2D eigenvalue weighted by Crippen LogP contribution is -2.54. The molecule has 1 aliphatic rings. The van der Waals surface area contributed by atoms with Crippen LogP contribution in [0.3, 0.4) is 0 Å². The summed E-state index contributed by atoms with van der Waals surface area (Å²) in [6.45, 7) is 2.28. The molecule has 1 aliphatic heterocycles. The lowest BCUT2D eigenvalue weighted by Gasteiger charge is -2.29. The fourth-order valence-electron chi connectivity index (χ4n) is 2.56. The second-order valence-corrected chi connectivity index (χ2v) is 7.29. The minimum absolute atomic E-state index is 0.0283. The molecule has 1 saturated heterocycles. The second-order valence-electron chi connectivity index (χ2n) is 5.55. The molecule has 8 heteroatoms. The van der Waals surface area contributed by atoms with Crippen LogP contribution in [0.4, 0.5) is 5.69 Å². The van der Waals surface area contributed by atoms with Crippen molar-refractivity contribution in [3.8, 4) is 5.75 Å². The van der Waals surface area contributed by atoms with Crippen molar-refractivity contribution >= 4 is 68.4 Å². The molecule has 0 atom stereocenters. The topological polar surface area (TPSA) is 58.6 Å². The minimum Gasteiger partial charge on any atom is -0.493 e. The highest BCUT2D eigenvalue weighted by atomic mass is 79.9. The summed E-state index contributed by atoms with van der Waals surface area (Å²) in [6, 6.07) is 12.0. The van der Waals surface area contributed by atoms with Gasteiger partial charge in [0.15, 0.2) is 5.11 Å². The fourth-order valence-corrected chi connectivity index (χ4v) is 3.28. The summed E-state index contributed by atoms with van der Waals surface area (Å²) in [6.07, 6.45) is 1.46. The highest BCUT2D eigenvalue weighted by molar-refractivity contribution is 9.10. The third-order valence-electron chi connectivity index (χ3n) is 3.76. The molecule has 0 aliphatic carbocycles. The Bertz CT molecular complexity index is 960. The molecule has 138 valence electrons. The zero-order chi connectivity index (χ0) is 19.6. The van der Waals surface area contributed by atoms with Crippen LogP contribution < -0.4 is 15.0 Å². The van der Waals surface area contributed by atoms with Gasteiger partial charge >= 0.3 is 0 Å². The van der Waals surface area contributed by atoms with E-state index in [-0.39, 0.29) is 10.7 Å². The molecule has 0 aromatic heterocycles. The van der Waals surface area contributed by atoms with Gasteiger partial charge in [-0.2, -0.15) is 0 Å². The molecule has 2 aromatic rings. The number of hydrogen-bond acceptors (Lipinski definition) is 4. The first-order valence-corrected chi connectivity index (χ1v) is 9.58. The number of hydrogen-bond donors (Lipinski definition) is 1. The number of thiocarbonyl (C=S) groups is 1. The van der Waals surface area contributed by atoms with E-state index >= 15 is 0 Å². The Morgan fingerprint density at radius 2 is 1.93 bits per heavy atom. The molecular formula is C19H14BrClN2O3S. The summed E-state index contributed by atoms with van der Waals surface area (Å²) in [4.78, 5) is 26.7. The average Bonchev–Trinajstić information content (AvgIpc) is 2.62. The number of amides is 2. The summed E-state index contributed by atoms with van der Waals surface area (Å²) in [5, 5.41) is 3.05. The van der Waals surface area contributed by atoms with Gasteiger partial charge in [0.05, 0.1) is 12.3 Å². The Morgan fingerprint density at radius 3 is 2.59 bits per heavy atom. The van der Waals surface area contributed by atoms with Gasteiger partial charge < -0.3 is 4.74 Å². The maximum absolute atomic E-state index is 13.0. The molecule has 0 saturated carbocycles. The number of carbonyl (C=O) groups is 2. The summed E-state index contributed by atoms with van der Waals surface area (Å²) >= 11 is 14.6. The Balaban J connectivity index is 2.04. The van der Waals surface area contributed by atoms with E-state index in [1.165, 1.54) is 11.0 Å². The van der Waals surface area contributed by atoms with Crippen molar-refractivity contribution in [3.05, 3.63) is 63.1 Å². The third kappa shape index (κ3) is 4.21. The summed E-state index contributed by atoms with van der Waals surface area (Å²) in [5.74, 6) is -0.562. The van der Waals surface area contributed by atoms with Crippen LogP contribution in [0, 0.1) is 0 Å². The molecule has 1 fully saturated rings. The van der Waals surface area contributed by atoms with Crippen LogP contribution in [-0.2, 0) is 9.59 Å². The van der Waals surface area contributed by atoms with Crippen LogP contribution in [0.1, 0.15) is 12.5 Å². The molecule has 0 radical (unpaired) electrons. The van der Waals surface area contributed by atoms with Gasteiger partial charge in [-0.25, -0.2) is 0 Å². The molecule has 5 nitrogen and oxygen atoms in total. The Labute approximate surface area is 175 Å². The van der Waals surface area contributed by atoms with Crippen molar-refractivity contribution < 1.29 is 14.3 Å². The van der Waals surface area contributed by atoms with Gasteiger partial charge in [0.2, 0.25) is 0 Å². The van der Waals surface area contributed by atoms with Crippen LogP contribution in [0.15, 0.2) is 52.5 Å². The molecule has 0 unspecified atom stereocenters. The molecule has 0 spiro atoms. The summed E-state index contributed by atoms with van der Waals surface area (Å²) in [7, 11) is 0. The van der Waals surface area contributed by atoms with Gasteiger partial charge in [-0.15, -0.1) is 0 Å². The number of ether oxygens (including phenoxy) is 1. The average molecular weight is 466 g/mol. The molecule has 1 N–H and O–H groups in total. The number of rotatable bonds is 4. The van der Waals surface area contributed by atoms with Crippen molar-refractivity contribution in [1.29, 1.82) is 0 Å². The van der Waals surface area contributed by atoms with Crippen molar-refractivity contribution in [2.45, 2.75) is 6.92 Å². The lowest BCUT2D eigenvalue weighted by molar-refractivity contribution is -0.122. The molecule has 3 rings (SSSR count). The van der Waals surface area contributed by atoms with Crippen LogP contribution in [0.2, 0.25) is 5.02 Å². The van der Waals surface area contributed by atoms with Gasteiger partial charge in [0.1, 0.15) is 11.3 Å². The maximum atomic E-state index is 13.0. The van der Waals surface area contributed by atoms with Crippen molar-refractivity contribution in [2.24, 2.45) is 0 Å². The molecule has 27 heavy (non-hydrogen) atoms. The molecule has 1 heterocycles. The van der Waals surface area contributed by atoms with Crippen LogP contribution in [-0.4, -0.2) is 23.5 Å². The minimum atomic E-state index is -0.569. The lowest BCUT2D eigenvalue weighted by atomic mass is 10.1. The Hall–Kier alpha value is -2.22. The van der Waals surface area contributed by atoms with Crippen LogP contribution in [0.25, 0.3) is 6.08 Å². The number of carbonyl (C=O) groups excluding carboxylic acids is 2. The zero-order valence-corrected chi connectivity index (χ0v) is 17.3. The number of nitrogens with zero attached hydrogens (tertiary/aromatic N) is 1. The number of halogens is 2. The predicted octanol–water partition coefficient (Wildman–Crippen LogP) is 4.33. The van der Waals surface area contributed by atoms with E-state index in [0.29, 0.717) is 28.6 Å². The van der Waals surface area contributed by atoms with E-state index in [9.17, 15) is 9.59 Å². The fraction of sp³-hybridized carbons (Fsp3) is 0.105. The van der Waals surface area contributed by atoms with Crippen LogP contribution in [0.5, 0.6) is 5.75 Å². The quantitative estimate of drug-likeness (QED) is 0.415. The summed E-state index contributed by atoms with van der Waals surface area (Å²) in [5.41, 5.74) is 1.02. The van der Waals surface area contributed by atoms with E-state index < -0.39 is 11.8 Å². The van der Waals surface area contributed by atoms with E-state index in [2.05, 4.69) is 21.2 Å². The standard InChI is InChI=1S/C19H14BrClN2O3S/c1-2-26-16-8-5-13(21)9-11(16)10-15-17(24)22-19(27)23(18(15)25)14-6-3-12(20)4-7-14/h3-10H,2H2,1H3,(H,22,24,27)/b15-10+. The monoisotopic (exact) mass is 464 g/mol. The number of nitrogens with one attached hydrogen (secondary N) is 1. The largest absolute Gasteiger partial charge is 0.493 e. The van der Waals surface area contributed by atoms with E-state index in [4.69, 9.17) is 28.6 Å². The Kier molecular flexibility index (Phi) is 5.94. The normalized spacial score (nSPS) is 15.9. The molecule has 2 aromatic carbocycles. The smallest absolute Gasteiger partial charge is 0.270 e. The highest BCUT2D eigenvalue weighted by Crippen LogP contribution is 2.28. The maximum Gasteiger partial charge on any atom is 0.270 e. The first kappa shape index (κ1) is 19.5. The predicted molar refractivity (Wildman–Crippen MR) is 113 cm³/mol. The molecular weight excluding hydrogens is 452 g/mol. The van der Waals surface area contributed by atoms with Crippen molar-refractivity contribution in [1.82, 2.24) is 5.32 Å². The third-order valence-corrected chi connectivity index (χ3v) is 4.81. The Morgan fingerprint density at radius 1 is 1.22 bits per heavy atom. The van der Waals surface area contributed by atoms with Crippen molar-refractivity contribution in [2.75, 3.05) is 11.5 Å². The van der Waals surface area contributed by atoms with E-state index in [1.807, 2.05) is 6.92 Å². The van der Waals surface area contributed by atoms with Gasteiger partial charge in [-0.1, -0.05) is 27.5 Å². The van der Waals surface area contributed by atoms with E-state index in [0.717, 1.165) is 4.47 Å². The first-order chi connectivity index (χ1) is 12.9. The number of benzene rings is 2.